The Kier molecular flexibility index (Phi) is 4.29. The summed E-state index contributed by atoms with van der Waals surface area (Å²) < 4.78 is 0. The molecule has 1 aromatic carbocycles. The summed E-state index contributed by atoms with van der Waals surface area (Å²) in [4.78, 5) is 38.6. The van der Waals surface area contributed by atoms with Gasteiger partial charge in [0.15, 0.2) is 0 Å². The molecule has 154 valence electrons. The fourth-order valence-corrected chi connectivity index (χ4v) is 6.00. The van der Waals surface area contributed by atoms with Crippen LogP contribution in [0.5, 0.6) is 0 Å². The lowest BCUT2D eigenvalue weighted by Gasteiger charge is -2.56. The van der Waals surface area contributed by atoms with Crippen molar-refractivity contribution in [2.45, 2.75) is 64.3 Å². The van der Waals surface area contributed by atoms with Crippen molar-refractivity contribution in [3.05, 3.63) is 34.9 Å². The zero-order valence-corrected chi connectivity index (χ0v) is 17.0. The first kappa shape index (κ1) is 18.8. The molecule has 3 fully saturated rings. The number of carbonyl (C=O) groups is 3. The van der Waals surface area contributed by atoms with Crippen molar-refractivity contribution in [2.24, 2.45) is 11.3 Å². The van der Waals surface area contributed by atoms with E-state index in [1.165, 1.54) is 6.42 Å². The van der Waals surface area contributed by atoms with E-state index in [4.69, 9.17) is 0 Å². The molecule has 3 amide bonds. The molecular weight excluding hydrogens is 368 g/mol. The number of amides is 3. The van der Waals surface area contributed by atoms with Crippen LogP contribution in [0.4, 0.5) is 0 Å². The van der Waals surface area contributed by atoms with Gasteiger partial charge in [0.25, 0.3) is 5.91 Å². The highest BCUT2D eigenvalue weighted by Crippen LogP contribution is 2.49. The summed E-state index contributed by atoms with van der Waals surface area (Å²) in [7, 11) is 0. The molecule has 5 rings (SSSR count). The first-order valence-corrected chi connectivity index (χ1v) is 10.6. The van der Waals surface area contributed by atoms with E-state index in [9.17, 15) is 14.4 Å². The molecule has 4 unspecified atom stereocenters. The molecule has 1 saturated carbocycles. The molecule has 3 aliphatic heterocycles. The number of rotatable bonds is 4. The zero-order valence-electron chi connectivity index (χ0n) is 17.0. The lowest BCUT2D eigenvalue weighted by Crippen LogP contribution is -2.68. The van der Waals surface area contributed by atoms with Crippen molar-refractivity contribution >= 4 is 17.7 Å². The van der Waals surface area contributed by atoms with Crippen molar-refractivity contribution in [2.75, 3.05) is 6.54 Å². The monoisotopic (exact) mass is 396 g/mol. The second kappa shape index (κ2) is 6.64. The molecule has 29 heavy (non-hydrogen) atoms. The second-order valence-corrected chi connectivity index (χ2v) is 9.42. The van der Waals surface area contributed by atoms with Gasteiger partial charge in [-0.2, -0.15) is 0 Å². The maximum absolute atomic E-state index is 13.2. The second-order valence-electron chi connectivity index (χ2n) is 9.42. The lowest BCUT2D eigenvalue weighted by molar-refractivity contribution is -0.136. The minimum atomic E-state index is -0.565. The first-order valence-electron chi connectivity index (χ1n) is 10.6. The quantitative estimate of drug-likeness (QED) is 0.659. The highest BCUT2D eigenvalue weighted by Gasteiger charge is 2.57. The van der Waals surface area contributed by atoms with Crippen LogP contribution in [0.15, 0.2) is 18.2 Å². The summed E-state index contributed by atoms with van der Waals surface area (Å²) in [5, 5.41) is 9.70. The fraction of sp³-hybridized carbons (Fsp3) is 0.591. The number of fused-ring (bicyclic) bond motifs is 2. The number of piperidine rings is 1. The molecule has 1 aromatic rings. The van der Waals surface area contributed by atoms with E-state index in [0.717, 1.165) is 23.2 Å². The van der Waals surface area contributed by atoms with Crippen LogP contribution in [0.25, 0.3) is 0 Å². The number of nitrogens with one attached hydrogen (secondary N) is 3. The average Bonchev–Trinajstić information content (AvgIpc) is 3.26. The third-order valence-electron chi connectivity index (χ3n) is 7.45. The van der Waals surface area contributed by atoms with E-state index >= 15 is 0 Å². The summed E-state index contributed by atoms with van der Waals surface area (Å²) in [6.45, 7) is 6.76. The van der Waals surface area contributed by atoms with E-state index in [2.05, 4.69) is 29.8 Å². The Hall–Kier alpha value is -2.25. The minimum Gasteiger partial charge on any atom is -0.322 e. The third-order valence-corrected chi connectivity index (χ3v) is 7.45. The molecule has 1 aliphatic carbocycles. The van der Waals surface area contributed by atoms with Crippen molar-refractivity contribution in [1.82, 2.24) is 20.9 Å². The van der Waals surface area contributed by atoms with E-state index in [-0.39, 0.29) is 29.6 Å². The molecule has 4 atom stereocenters. The van der Waals surface area contributed by atoms with E-state index in [1.54, 1.807) is 4.90 Å². The van der Waals surface area contributed by atoms with Gasteiger partial charge in [-0.05, 0) is 41.8 Å². The molecular formula is C22H28N4O3. The summed E-state index contributed by atoms with van der Waals surface area (Å²) in [6, 6.07) is 6.40. The van der Waals surface area contributed by atoms with Gasteiger partial charge in [-0.1, -0.05) is 32.0 Å². The molecule has 3 heterocycles. The lowest BCUT2D eigenvalue weighted by atomic mass is 9.56. The Balaban J connectivity index is 1.33. The van der Waals surface area contributed by atoms with Gasteiger partial charge in [0.1, 0.15) is 6.04 Å². The highest BCUT2D eigenvalue weighted by molar-refractivity contribution is 6.05. The zero-order chi connectivity index (χ0) is 20.3. The first-order chi connectivity index (χ1) is 13.9. The number of hydrogen-bond acceptors (Lipinski definition) is 5. The van der Waals surface area contributed by atoms with Gasteiger partial charge in [0.2, 0.25) is 11.8 Å². The molecule has 4 aliphatic rings. The van der Waals surface area contributed by atoms with Gasteiger partial charge < -0.3 is 15.5 Å². The summed E-state index contributed by atoms with van der Waals surface area (Å²) in [6.07, 6.45) is 1.86. The smallest absolute Gasteiger partial charge is 0.255 e. The maximum atomic E-state index is 13.2. The van der Waals surface area contributed by atoms with Gasteiger partial charge in [-0.25, -0.2) is 0 Å². The molecule has 7 heteroatoms. The van der Waals surface area contributed by atoms with Crippen molar-refractivity contribution in [3.8, 4) is 0 Å². The van der Waals surface area contributed by atoms with E-state index in [1.807, 2.05) is 18.2 Å². The molecule has 2 saturated heterocycles. The molecule has 3 N–H and O–H groups in total. The van der Waals surface area contributed by atoms with Crippen molar-refractivity contribution < 1.29 is 14.4 Å². The Morgan fingerprint density at radius 3 is 2.83 bits per heavy atom. The number of hydrogen-bond donors (Lipinski definition) is 3. The van der Waals surface area contributed by atoms with E-state index in [0.29, 0.717) is 37.5 Å². The van der Waals surface area contributed by atoms with Crippen molar-refractivity contribution in [3.63, 3.8) is 0 Å². The largest absolute Gasteiger partial charge is 0.322 e. The predicted octanol–water partition coefficient (Wildman–Crippen LogP) is 0.924. The normalized spacial score (nSPS) is 32.6. The van der Waals surface area contributed by atoms with Crippen LogP contribution in [-0.2, 0) is 22.7 Å². The van der Waals surface area contributed by atoms with Crippen LogP contribution >= 0.6 is 0 Å². The number of nitrogens with zero attached hydrogens (tertiary/aromatic N) is 1. The van der Waals surface area contributed by atoms with Gasteiger partial charge in [-0.15, -0.1) is 0 Å². The van der Waals surface area contributed by atoms with Crippen LogP contribution in [0, 0.1) is 11.3 Å². The Morgan fingerprint density at radius 1 is 1.21 bits per heavy atom. The molecule has 0 radical (unpaired) electrons. The number of carbonyl (C=O) groups excluding carboxylic acids is 3. The van der Waals surface area contributed by atoms with Crippen LogP contribution in [0.1, 0.15) is 54.6 Å². The predicted molar refractivity (Wildman–Crippen MR) is 107 cm³/mol. The van der Waals surface area contributed by atoms with Gasteiger partial charge in [0.05, 0.1) is 0 Å². The topological polar surface area (TPSA) is 90.5 Å². The minimum absolute atomic E-state index is 0.0971. The Morgan fingerprint density at radius 2 is 2.03 bits per heavy atom. The van der Waals surface area contributed by atoms with Crippen LogP contribution < -0.4 is 16.0 Å². The van der Waals surface area contributed by atoms with Crippen LogP contribution in [0.3, 0.4) is 0 Å². The maximum Gasteiger partial charge on any atom is 0.255 e. The Labute approximate surface area is 170 Å². The standard InChI is InChI=1S/C22H28N4O3/c1-22(2)18-14(8-9-23-18)19(22)24-10-12-4-3-5-13-11-26(21(29)17(12)13)15-6-7-16(27)25-20(15)28/h3-5,14-15,18-19,23-24H,6-11H2,1-2H3,(H,25,27,28). The van der Waals surface area contributed by atoms with Gasteiger partial charge in [-0.3, -0.25) is 19.7 Å². The number of imide groups is 1. The summed E-state index contributed by atoms with van der Waals surface area (Å²) in [5.74, 6) is -0.0706. The molecule has 0 bridgehead atoms. The van der Waals surface area contributed by atoms with Gasteiger partial charge >= 0.3 is 0 Å². The highest BCUT2D eigenvalue weighted by atomic mass is 16.2. The Bertz CT molecular complexity index is 896. The molecule has 7 nitrogen and oxygen atoms in total. The summed E-state index contributed by atoms with van der Waals surface area (Å²) >= 11 is 0. The third kappa shape index (κ3) is 2.82. The average molecular weight is 396 g/mol. The van der Waals surface area contributed by atoms with Crippen LogP contribution in [0.2, 0.25) is 0 Å². The molecule has 0 spiro atoms. The van der Waals surface area contributed by atoms with Gasteiger partial charge in [0, 0.05) is 37.2 Å². The fourth-order valence-electron chi connectivity index (χ4n) is 6.00. The van der Waals surface area contributed by atoms with E-state index < -0.39 is 6.04 Å². The van der Waals surface area contributed by atoms with Crippen molar-refractivity contribution in [1.29, 1.82) is 0 Å². The number of benzene rings is 1. The summed E-state index contributed by atoms with van der Waals surface area (Å²) in [5.41, 5.74) is 2.88. The van der Waals surface area contributed by atoms with Crippen LogP contribution in [-0.4, -0.2) is 47.3 Å². The molecule has 0 aromatic heterocycles. The SMILES string of the molecule is CC1(C)C2NCCC2C1NCc1cccc2c1C(=O)N(C1CCC(=O)NC1=O)C2.